The van der Waals surface area contributed by atoms with Gasteiger partial charge in [0.1, 0.15) is 5.76 Å². The first-order chi connectivity index (χ1) is 6.27. The first-order valence-electron chi connectivity index (χ1n) is 4.25. The molecule has 2 heteroatoms. The summed E-state index contributed by atoms with van der Waals surface area (Å²) in [5.41, 5.74) is 0.959. The van der Waals surface area contributed by atoms with Crippen molar-refractivity contribution in [3.05, 3.63) is 42.0 Å². The van der Waals surface area contributed by atoms with Crippen molar-refractivity contribution < 1.29 is 9.53 Å². The number of benzene rings is 1. The minimum Gasteiger partial charge on any atom is -0.482 e. The predicted octanol–water partition coefficient (Wildman–Crippen LogP) is 2.02. The van der Waals surface area contributed by atoms with Gasteiger partial charge in [-0.25, -0.2) is 0 Å². The van der Waals surface area contributed by atoms with E-state index in [1.54, 1.807) is 13.0 Å². The van der Waals surface area contributed by atoms with E-state index in [0.29, 0.717) is 5.76 Å². The topological polar surface area (TPSA) is 26.3 Å². The van der Waals surface area contributed by atoms with Crippen LogP contribution in [0.4, 0.5) is 0 Å². The van der Waals surface area contributed by atoms with Crippen LogP contribution in [0.1, 0.15) is 12.5 Å². The number of carbonyl (C=O) groups excluding carboxylic acids is 1. The zero-order valence-corrected chi connectivity index (χ0v) is 7.36. The molecular weight excluding hydrogens is 164 g/mol. The maximum atomic E-state index is 11.2. The second kappa shape index (κ2) is 3.05. The van der Waals surface area contributed by atoms with Gasteiger partial charge in [0, 0.05) is 11.6 Å². The fourth-order valence-corrected chi connectivity index (χ4v) is 1.28. The number of carbonyl (C=O) groups is 1. The standard InChI is InChI=1S/C11H10O2/c1-8-10(12)7-11(13-8)9-5-3-2-4-6-9/h2-8H,1H3. The van der Waals surface area contributed by atoms with Gasteiger partial charge in [0.05, 0.1) is 0 Å². The number of hydrogen-bond acceptors (Lipinski definition) is 2. The van der Waals surface area contributed by atoms with Crippen LogP contribution in [0.25, 0.3) is 5.76 Å². The lowest BCUT2D eigenvalue weighted by Gasteiger charge is -2.06. The van der Waals surface area contributed by atoms with E-state index in [1.807, 2.05) is 30.3 Å². The van der Waals surface area contributed by atoms with Gasteiger partial charge >= 0.3 is 0 Å². The second-order valence-electron chi connectivity index (χ2n) is 3.04. The molecule has 0 fully saturated rings. The zero-order valence-electron chi connectivity index (χ0n) is 7.36. The van der Waals surface area contributed by atoms with Crippen LogP contribution in [0.5, 0.6) is 0 Å². The van der Waals surface area contributed by atoms with Crippen LogP contribution in [0.3, 0.4) is 0 Å². The normalized spacial score (nSPS) is 21.2. The highest BCUT2D eigenvalue weighted by molar-refractivity contribution is 6.02. The third-order valence-electron chi connectivity index (χ3n) is 2.04. The summed E-state index contributed by atoms with van der Waals surface area (Å²) in [5, 5.41) is 0. The molecule has 1 heterocycles. The average Bonchev–Trinajstić information content (AvgIpc) is 2.49. The maximum absolute atomic E-state index is 11.2. The lowest BCUT2D eigenvalue weighted by atomic mass is 10.2. The van der Waals surface area contributed by atoms with E-state index in [9.17, 15) is 4.79 Å². The first-order valence-corrected chi connectivity index (χ1v) is 4.25. The molecule has 0 saturated heterocycles. The number of ether oxygens (including phenoxy) is 1. The summed E-state index contributed by atoms with van der Waals surface area (Å²) < 4.78 is 5.37. The fraction of sp³-hybridized carbons (Fsp3) is 0.182. The van der Waals surface area contributed by atoms with E-state index in [2.05, 4.69) is 0 Å². The SMILES string of the molecule is CC1OC(c2ccccc2)=CC1=O. The van der Waals surface area contributed by atoms with Crippen molar-refractivity contribution >= 4 is 11.5 Å². The lowest BCUT2D eigenvalue weighted by molar-refractivity contribution is -0.119. The van der Waals surface area contributed by atoms with Gasteiger partial charge in [-0.05, 0) is 6.92 Å². The van der Waals surface area contributed by atoms with Crippen LogP contribution in [0.15, 0.2) is 36.4 Å². The molecule has 13 heavy (non-hydrogen) atoms. The van der Waals surface area contributed by atoms with E-state index < -0.39 is 0 Å². The highest BCUT2D eigenvalue weighted by Gasteiger charge is 2.22. The molecule has 0 spiro atoms. The molecule has 0 N–H and O–H groups in total. The molecule has 0 radical (unpaired) electrons. The summed E-state index contributed by atoms with van der Waals surface area (Å²) in [5.74, 6) is 0.719. The molecule has 1 aliphatic rings. The molecule has 0 bridgehead atoms. The van der Waals surface area contributed by atoms with Crippen molar-refractivity contribution in [2.75, 3.05) is 0 Å². The van der Waals surface area contributed by atoms with Gasteiger partial charge in [-0.15, -0.1) is 0 Å². The van der Waals surface area contributed by atoms with Gasteiger partial charge in [0.2, 0.25) is 0 Å². The summed E-state index contributed by atoms with van der Waals surface area (Å²) in [4.78, 5) is 11.2. The Kier molecular flexibility index (Phi) is 1.89. The zero-order chi connectivity index (χ0) is 9.26. The van der Waals surface area contributed by atoms with Crippen molar-refractivity contribution in [1.29, 1.82) is 0 Å². The molecular formula is C11H10O2. The number of hydrogen-bond donors (Lipinski definition) is 0. The predicted molar refractivity (Wildman–Crippen MR) is 50.0 cm³/mol. The number of rotatable bonds is 1. The molecule has 2 nitrogen and oxygen atoms in total. The smallest absolute Gasteiger partial charge is 0.199 e. The Morgan fingerprint density at radius 1 is 1.23 bits per heavy atom. The molecule has 0 amide bonds. The highest BCUT2D eigenvalue weighted by atomic mass is 16.5. The van der Waals surface area contributed by atoms with Gasteiger partial charge in [-0.2, -0.15) is 0 Å². The van der Waals surface area contributed by atoms with Crippen LogP contribution >= 0.6 is 0 Å². The van der Waals surface area contributed by atoms with Crippen molar-refractivity contribution in [3.63, 3.8) is 0 Å². The summed E-state index contributed by atoms with van der Waals surface area (Å²) in [6.45, 7) is 1.76. The Hall–Kier alpha value is -1.57. The van der Waals surface area contributed by atoms with Gasteiger partial charge in [-0.3, -0.25) is 4.79 Å². The van der Waals surface area contributed by atoms with Crippen LogP contribution in [0.2, 0.25) is 0 Å². The third kappa shape index (κ3) is 1.47. The molecule has 0 aromatic heterocycles. The van der Waals surface area contributed by atoms with E-state index in [-0.39, 0.29) is 11.9 Å². The summed E-state index contributed by atoms with van der Waals surface area (Å²) in [6.07, 6.45) is 1.23. The Labute approximate surface area is 76.8 Å². The second-order valence-corrected chi connectivity index (χ2v) is 3.04. The molecule has 2 rings (SSSR count). The third-order valence-corrected chi connectivity index (χ3v) is 2.04. The van der Waals surface area contributed by atoms with Crippen LogP contribution in [0, 0.1) is 0 Å². The molecule has 1 aliphatic heterocycles. The molecule has 1 aromatic rings. The minimum atomic E-state index is -0.324. The van der Waals surface area contributed by atoms with Crippen molar-refractivity contribution in [2.24, 2.45) is 0 Å². The van der Waals surface area contributed by atoms with Gasteiger partial charge in [-0.1, -0.05) is 30.3 Å². The molecule has 1 aromatic carbocycles. The summed E-state index contributed by atoms with van der Waals surface area (Å²) in [7, 11) is 0. The van der Waals surface area contributed by atoms with Crippen LogP contribution in [-0.4, -0.2) is 11.9 Å². The van der Waals surface area contributed by atoms with Crippen molar-refractivity contribution in [1.82, 2.24) is 0 Å². The Bertz CT molecular complexity index is 352. The van der Waals surface area contributed by atoms with Crippen LogP contribution in [-0.2, 0) is 9.53 Å². The van der Waals surface area contributed by atoms with Gasteiger partial charge in [0.25, 0.3) is 0 Å². The molecule has 0 saturated carbocycles. The maximum Gasteiger partial charge on any atom is 0.199 e. The van der Waals surface area contributed by atoms with E-state index in [0.717, 1.165) is 5.56 Å². The molecule has 0 aliphatic carbocycles. The van der Waals surface area contributed by atoms with Gasteiger partial charge < -0.3 is 4.74 Å². The average molecular weight is 174 g/mol. The first kappa shape index (κ1) is 8.05. The van der Waals surface area contributed by atoms with Crippen molar-refractivity contribution in [3.8, 4) is 0 Å². The van der Waals surface area contributed by atoms with Crippen LogP contribution < -0.4 is 0 Å². The van der Waals surface area contributed by atoms with Gasteiger partial charge in [0.15, 0.2) is 11.9 Å². The van der Waals surface area contributed by atoms with Crippen molar-refractivity contribution in [2.45, 2.75) is 13.0 Å². The lowest BCUT2D eigenvalue weighted by Crippen LogP contribution is -2.09. The minimum absolute atomic E-state index is 0.0406. The molecule has 1 atom stereocenters. The molecule has 1 unspecified atom stereocenters. The van der Waals surface area contributed by atoms with E-state index in [4.69, 9.17) is 4.74 Å². The monoisotopic (exact) mass is 174 g/mol. The van der Waals surface area contributed by atoms with E-state index >= 15 is 0 Å². The quantitative estimate of drug-likeness (QED) is 0.651. The van der Waals surface area contributed by atoms with E-state index in [1.165, 1.54) is 0 Å². The summed E-state index contributed by atoms with van der Waals surface area (Å²) >= 11 is 0. The summed E-state index contributed by atoms with van der Waals surface area (Å²) in [6, 6.07) is 9.64. The highest BCUT2D eigenvalue weighted by Crippen LogP contribution is 2.23. The fourth-order valence-electron chi connectivity index (χ4n) is 1.28. The molecule has 66 valence electrons. The Balaban J connectivity index is 2.30. The largest absolute Gasteiger partial charge is 0.482 e. The Morgan fingerprint density at radius 2 is 1.92 bits per heavy atom. The number of ketones is 1. The Morgan fingerprint density at radius 3 is 2.46 bits per heavy atom.